The maximum atomic E-state index is 11.8. The second-order valence-electron chi connectivity index (χ2n) is 6.17. The summed E-state index contributed by atoms with van der Waals surface area (Å²) in [4.78, 5) is 25.3. The Morgan fingerprint density at radius 2 is 2.05 bits per heavy atom. The van der Waals surface area contributed by atoms with Crippen molar-refractivity contribution in [3.63, 3.8) is 0 Å². The van der Waals surface area contributed by atoms with Crippen molar-refractivity contribution in [1.29, 1.82) is 0 Å². The molecule has 0 unspecified atom stereocenters. The zero-order chi connectivity index (χ0) is 16.2. The molecule has 4 nitrogen and oxygen atoms in total. The molecule has 0 saturated carbocycles. The van der Waals surface area contributed by atoms with Crippen molar-refractivity contribution in [2.45, 2.75) is 71.6 Å². The zero-order valence-corrected chi connectivity index (χ0v) is 14.3. The maximum absolute atomic E-state index is 11.8. The second kappa shape index (κ2) is 11.3. The Morgan fingerprint density at radius 1 is 1.23 bits per heavy atom. The second-order valence-corrected chi connectivity index (χ2v) is 6.17. The van der Waals surface area contributed by atoms with Crippen molar-refractivity contribution in [2.75, 3.05) is 19.6 Å². The van der Waals surface area contributed by atoms with E-state index < -0.39 is 0 Å². The predicted molar refractivity (Wildman–Crippen MR) is 90.6 cm³/mol. The minimum Gasteiger partial charge on any atom is -0.356 e. The van der Waals surface area contributed by atoms with Crippen LogP contribution in [0.25, 0.3) is 0 Å². The minimum absolute atomic E-state index is 0.0548. The molecular formula is C18H32N2O2. The van der Waals surface area contributed by atoms with E-state index >= 15 is 0 Å². The van der Waals surface area contributed by atoms with Crippen LogP contribution in [-0.4, -0.2) is 36.3 Å². The number of unbranched alkanes of at least 4 members (excludes halogenated alkanes) is 2. The van der Waals surface area contributed by atoms with Crippen LogP contribution in [0.5, 0.6) is 0 Å². The van der Waals surface area contributed by atoms with Gasteiger partial charge < -0.3 is 10.2 Å². The number of allylic oxidation sites excluding steroid dienone is 1. The summed E-state index contributed by atoms with van der Waals surface area (Å²) in [6, 6.07) is 0. The van der Waals surface area contributed by atoms with E-state index in [0.29, 0.717) is 13.0 Å². The quantitative estimate of drug-likeness (QED) is 0.496. The molecule has 1 aliphatic rings. The Labute approximate surface area is 135 Å². The summed E-state index contributed by atoms with van der Waals surface area (Å²) in [7, 11) is 0. The van der Waals surface area contributed by atoms with E-state index in [4.69, 9.17) is 0 Å². The number of carbonyl (C=O) groups excluding carboxylic acids is 2. The van der Waals surface area contributed by atoms with Gasteiger partial charge >= 0.3 is 0 Å². The van der Waals surface area contributed by atoms with Crippen molar-refractivity contribution < 1.29 is 9.59 Å². The van der Waals surface area contributed by atoms with Gasteiger partial charge in [0.25, 0.3) is 0 Å². The Balaban J connectivity index is 2.24. The highest BCUT2D eigenvalue weighted by Gasteiger charge is 2.12. The number of carbonyl (C=O) groups is 2. The summed E-state index contributed by atoms with van der Waals surface area (Å²) in [5.41, 5.74) is 1.47. The van der Waals surface area contributed by atoms with Crippen LogP contribution in [0.1, 0.15) is 71.6 Å². The van der Waals surface area contributed by atoms with Crippen LogP contribution in [0.3, 0.4) is 0 Å². The van der Waals surface area contributed by atoms with Crippen LogP contribution in [0, 0.1) is 0 Å². The van der Waals surface area contributed by atoms with E-state index in [-0.39, 0.29) is 11.8 Å². The molecule has 126 valence electrons. The average molecular weight is 308 g/mol. The van der Waals surface area contributed by atoms with E-state index in [1.165, 1.54) is 31.3 Å². The first-order valence-electron chi connectivity index (χ1n) is 8.83. The molecule has 0 aromatic carbocycles. The third-order valence-corrected chi connectivity index (χ3v) is 4.24. The molecule has 0 spiro atoms. The Bertz CT molecular complexity index is 377. The Morgan fingerprint density at radius 3 is 2.68 bits per heavy atom. The molecule has 1 aliphatic carbocycles. The smallest absolute Gasteiger partial charge is 0.221 e. The van der Waals surface area contributed by atoms with Crippen LogP contribution in [0.4, 0.5) is 0 Å². The fraction of sp³-hybridized carbons (Fsp3) is 0.778. The van der Waals surface area contributed by atoms with Gasteiger partial charge in [0, 0.05) is 33.0 Å². The van der Waals surface area contributed by atoms with Gasteiger partial charge in [-0.3, -0.25) is 9.59 Å². The predicted octanol–water partition coefficient (Wildman–Crippen LogP) is 3.42. The molecule has 0 aromatic heterocycles. The topological polar surface area (TPSA) is 49.4 Å². The van der Waals surface area contributed by atoms with Crippen molar-refractivity contribution in [1.82, 2.24) is 10.2 Å². The molecule has 0 bridgehead atoms. The third kappa shape index (κ3) is 8.20. The molecule has 2 amide bonds. The first-order chi connectivity index (χ1) is 10.6. The fourth-order valence-electron chi connectivity index (χ4n) is 2.76. The highest BCUT2D eigenvalue weighted by atomic mass is 16.2. The molecule has 22 heavy (non-hydrogen) atoms. The molecule has 0 heterocycles. The van der Waals surface area contributed by atoms with Gasteiger partial charge in [0.1, 0.15) is 0 Å². The van der Waals surface area contributed by atoms with Gasteiger partial charge in [-0.05, 0) is 38.5 Å². The summed E-state index contributed by atoms with van der Waals surface area (Å²) >= 11 is 0. The van der Waals surface area contributed by atoms with E-state index in [0.717, 1.165) is 38.8 Å². The highest BCUT2D eigenvalue weighted by Crippen LogP contribution is 2.20. The molecule has 4 heteroatoms. The van der Waals surface area contributed by atoms with Crippen LogP contribution in [0.2, 0.25) is 0 Å². The number of hydrogen-bond acceptors (Lipinski definition) is 2. The van der Waals surface area contributed by atoms with Crippen molar-refractivity contribution in [3.8, 4) is 0 Å². The zero-order valence-electron chi connectivity index (χ0n) is 14.3. The lowest BCUT2D eigenvalue weighted by molar-refractivity contribution is -0.129. The summed E-state index contributed by atoms with van der Waals surface area (Å²) in [5, 5.41) is 2.93. The summed E-state index contributed by atoms with van der Waals surface area (Å²) in [6.45, 7) is 5.76. The van der Waals surface area contributed by atoms with Gasteiger partial charge in [0.05, 0.1) is 0 Å². The largest absolute Gasteiger partial charge is 0.356 e. The SMILES string of the molecule is CCCCCNC(=O)CCN(CCC1=CCCCC1)C(C)=O. The van der Waals surface area contributed by atoms with E-state index in [1.807, 2.05) is 0 Å². The molecule has 0 aliphatic heterocycles. The van der Waals surface area contributed by atoms with Crippen LogP contribution in [0.15, 0.2) is 11.6 Å². The standard InChI is InChI=1S/C18H32N2O2/c1-3-4-8-13-19-18(22)12-15-20(16(2)21)14-11-17-9-6-5-7-10-17/h9H,3-8,10-15H2,1-2H3,(H,19,22). The monoisotopic (exact) mass is 308 g/mol. The number of amides is 2. The molecule has 0 fully saturated rings. The number of nitrogens with zero attached hydrogens (tertiary/aromatic N) is 1. The fourth-order valence-corrected chi connectivity index (χ4v) is 2.76. The third-order valence-electron chi connectivity index (χ3n) is 4.24. The normalized spacial score (nSPS) is 14.4. The first-order valence-corrected chi connectivity index (χ1v) is 8.83. The molecule has 1 rings (SSSR count). The molecule has 0 atom stereocenters. The van der Waals surface area contributed by atoms with Crippen LogP contribution in [-0.2, 0) is 9.59 Å². The van der Waals surface area contributed by atoms with Crippen molar-refractivity contribution >= 4 is 11.8 Å². The van der Waals surface area contributed by atoms with Crippen molar-refractivity contribution in [2.24, 2.45) is 0 Å². The summed E-state index contributed by atoms with van der Waals surface area (Å²) in [6.07, 6.45) is 11.9. The van der Waals surface area contributed by atoms with E-state index in [1.54, 1.807) is 11.8 Å². The number of hydrogen-bond donors (Lipinski definition) is 1. The lowest BCUT2D eigenvalue weighted by atomic mass is 9.97. The first kappa shape index (κ1) is 18.7. The maximum Gasteiger partial charge on any atom is 0.221 e. The molecule has 0 radical (unpaired) electrons. The Kier molecular flexibility index (Phi) is 9.60. The van der Waals surface area contributed by atoms with E-state index in [2.05, 4.69) is 18.3 Å². The minimum atomic E-state index is 0.0548. The number of rotatable bonds is 10. The van der Waals surface area contributed by atoms with Crippen LogP contribution >= 0.6 is 0 Å². The molecule has 1 N–H and O–H groups in total. The summed E-state index contributed by atoms with van der Waals surface area (Å²) in [5.74, 6) is 0.120. The molecule has 0 saturated heterocycles. The van der Waals surface area contributed by atoms with Gasteiger partial charge in [0.2, 0.25) is 11.8 Å². The lowest BCUT2D eigenvalue weighted by Gasteiger charge is -2.22. The molecule has 0 aromatic rings. The Hall–Kier alpha value is -1.32. The average Bonchev–Trinajstić information content (AvgIpc) is 2.52. The molecular weight excluding hydrogens is 276 g/mol. The van der Waals surface area contributed by atoms with Gasteiger partial charge in [-0.25, -0.2) is 0 Å². The van der Waals surface area contributed by atoms with Crippen LogP contribution < -0.4 is 5.32 Å². The highest BCUT2D eigenvalue weighted by molar-refractivity contribution is 5.77. The van der Waals surface area contributed by atoms with Gasteiger partial charge in [-0.1, -0.05) is 31.4 Å². The summed E-state index contributed by atoms with van der Waals surface area (Å²) < 4.78 is 0. The van der Waals surface area contributed by atoms with Gasteiger partial charge in [-0.15, -0.1) is 0 Å². The lowest BCUT2D eigenvalue weighted by Crippen LogP contribution is -2.35. The van der Waals surface area contributed by atoms with Gasteiger partial charge in [-0.2, -0.15) is 0 Å². The van der Waals surface area contributed by atoms with E-state index in [9.17, 15) is 9.59 Å². The number of nitrogens with one attached hydrogen (secondary N) is 1. The van der Waals surface area contributed by atoms with Crippen molar-refractivity contribution in [3.05, 3.63) is 11.6 Å². The van der Waals surface area contributed by atoms with Gasteiger partial charge in [0.15, 0.2) is 0 Å².